The second-order valence-electron chi connectivity index (χ2n) is 4.79. The number of nitrogens with one attached hydrogen (secondary N) is 1. The van der Waals surface area contributed by atoms with Crippen LogP contribution in [0.3, 0.4) is 0 Å². The molecule has 0 saturated carbocycles. The lowest BCUT2D eigenvalue weighted by Crippen LogP contribution is -2.48. The van der Waals surface area contributed by atoms with Gasteiger partial charge in [0.1, 0.15) is 0 Å². The number of piperazine rings is 1. The lowest BCUT2D eigenvalue weighted by molar-refractivity contribution is -0.129. The highest BCUT2D eigenvalue weighted by Gasteiger charge is 2.22. The fraction of sp³-hybridized carbons (Fsp3) is 0.500. The van der Waals surface area contributed by atoms with E-state index in [1.165, 1.54) is 5.56 Å². The van der Waals surface area contributed by atoms with Gasteiger partial charge in [-0.1, -0.05) is 28.9 Å². The number of carbonyl (C=O) groups excluding carboxylic acids is 1. The van der Waals surface area contributed by atoms with Crippen LogP contribution in [0.5, 0.6) is 0 Å². The fourth-order valence-electron chi connectivity index (χ4n) is 2.20. The smallest absolute Gasteiger partial charge is 0.241 e. The summed E-state index contributed by atoms with van der Waals surface area (Å²) in [6.07, 6.45) is 0. The molecule has 0 aliphatic carbocycles. The van der Waals surface area contributed by atoms with Gasteiger partial charge in [0.25, 0.3) is 0 Å². The van der Waals surface area contributed by atoms with Crippen LogP contribution in [0.4, 0.5) is 5.69 Å². The van der Waals surface area contributed by atoms with Crippen molar-refractivity contribution in [1.82, 2.24) is 10.2 Å². The standard InChI is InChI=1S/C14H20BrN3O/c1-3-16-9-11-4-5-12(15)8-13(11)18-7-6-17(2)14(19)10-18/h4-5,8,16H,3,6-7,9-10H2,1-2H3. The lowest BCUT2D eigenvalue weighted by atomic mass is 10.1. The Hall–Kier alpha value is -1.07. The van der Waals surface area contributed by atoms with Crippen molar-refractivity contribution in [1.29, 1.82) is 0 Å². The molecule has 104 valence electrons. The first kappa shape index (κ1) is 14.3. The highest BCUT2D eigenvalue weighted by atomic mass is 79.9. The summed E-state index contributed by atoms with van der Waals surface area (Å²) in [6.45, 7) is 6.00. The van der Waals surface area contributed by atoms with E-state index in [0.717, 1.165) is 36.3 Å². The van der Waals surface area contributed by atoms with Crippen LogP contribution >= 0.6 is 15.9 Å². The molecule has 1 aromatic rings. The van der Waals surface area contributed by atoms with E-state index in [2.05, 4.69) is 45.2 Å². The van der Waals surface area contributed by atoms with E-state index in [4.69, 9.17) is 0 Å². The number of benzene rings is 1. The van der Waals surface area contributed by atoms with Crippen molar-refractivity contribution in [3.8, 4) is 0 Å². The summed E-state index contributed by atoms with van der Waals surface area (Å²) in [5, 5.41) is 3.35. The summed E-state index contributed by atoms with van der Waals surface area (Å²) in [5.41, 5.74) is 2.39. The van der Waals surface area contributed by atoms with Gasteiger partial charge in [0.05, 0.1) is 6.54 Å². The summed E-state index contributed by atoms with van der Waals surface area (Å²) in [6, 6.07) is 6.27. The Labute approximate surface area is 122 Å². The third-order valence-corrected chi connectivity index (χ3v) is 3.90. The number of hydrogen-bond donors (Lipinski definition) is 1. The minimum atomic E-state index is 0.181. The van der Waals surface area contributed by atoms with Gasteiger partial charge in [-0.05, 0) is 24.2 Å². The van der Waals surface area contributed by atoms with E-state index in [1.54, 1.807) is 4.90 Å². The van der Waals surface area contributed by atoms with Crippen molar-refractivity contribution in [3.63, 3.8) is 0 Å². The third kappa shape index (κ3) is 3.48. The maximum Gasteiger partial charge on any atom is 0.241 e. The topological polar surface area (TPSA) is 35.6 Å². The number of hydrogen-bond acceptors (Lipinski definition) is 3. The Balaban J connectivity index is 2.22. The van der Waals surface area contributed by atoms with Gasteiger partial charge in [-0.2, -0.15) is 0 Å². The molecule has 0 radical (unpaired) electrons. The molecule has 19 heavy (non-hydrogen) atoms. The lowest BCUT2D eigenvalue weighted by Gasteiger charge is -2.34. The normalized spacial score (nSPS) is 16.1. The second-order valence-corrected chi connectivity index (χ2v) is 5.71. The van der Waals surface area contributed by atoms with Gasteiger partial charge in [-0.25, -0.2) is 0 Å². The quantitative estimate of drug-likeness (QED) is 0.917. The van der Waals surface area contributed by atoms with Crippen molar-refractivity contribution in [2.75, 3.05) is 38.1 Å². The van der Waals surface area contributed by atoms with E-state index in [0.29, 0.717) is 6.54 Å². The molecular formula is C14H20BrN3O. The Bertz CT molecular complexity index is 464. The summed E-state index contributed by atoms with van der Waals surface area (Å²) in [7, 11) is 1.86. The molecule has 2 rings (SSSR count). The molecule has 1 saturated heterocycles. The number of carbonyl (C=O) groups is 1. The maximum absolute atomic E-state index is 11.8. The van der Waals surface area contributed by atoms with Gasteiger partial charge < -0.3 is 15.1 Å². The molecule has 0 atom stereocenters. The largest absolute Gasteiger partial charge is 0.360 e. The molecule has 1 heterocycles. The number of likely N-dealkylation sites (N-methyl/N-ethyl adjacent to an activating group) is 1. The van der Waals surface area contributed by atoms with Crippen LogP contribution in [0.2, 0.25) is 0 Å². The number of nitrogens with zero attached hydrogens (tertiary/aromatic N) is 2. The molecular weight excluding hydrogens is 306 g/mol. The highest BCUT2D eigenvalue weighted by Crippen LogP contribution is 2.26. The van der Waals surface area contributed by atoms with Crippen LogP contribution in [0, 0.1) is 0 Å². The SMILES string of the molecule is CCNCc1ccc(Br)cc1N1CCN(C)C(=O)C1. The van der Waals surface area contributed by atoms with E-state index in [9.17, 15) is 4.79 Å². The van der Waals surface area contributed by atoms with Gasteiger partial charge in [-0.15, -0.1) is 0 Å². The van der Waals surface area contributed by atoms with Crippen LogP contribution in [0.15, 0.2) is 22.7 Å². The summed E-state index contributed by atoms with van der Waals surface area (Å²) in [4.78, 5) is 15.8. The van der Waals surface area contributed by atoms with E-state index < -0.39 is 0 Å². The molecule has 4 nitrogen and oxygen atoms in total. The molecule has 1 aromatic carbocycles. The molecule has 1 aliphatic heterocycles. The minimum Gasteiger partial charge on any atom is -0.360 e. The predicted octanol–water partition coefficient (Wildman–Crippen LogP) is 1.84. The molecule has 0 bridgehead atoms. The molecule has 1 amide bonds. The number of halogens is 1. The molecule has 5 heteroatoms. The van der Waals surface area contributed by atoms with Crippen molar-refractivity contribution in [2.45, 2.75) is 13.5 Å². The first-order valence-corrected chi connectivity index (χ1v) is 7.39. The maximum atomic E-state index is 11.8. The fourth-order valence-corrected chi connectivity index (χ4v) is 2.55. The van der Waals surface area contributed by atoms with Gasteiger partial charge in [0, 0.05) is 36.8 Å². The van der Waals surface area contributed by atoms with Crippen molar-refractivity contribution in [3.05, 3.63) is 28.2 Å². The molecule has 0 aromatic heterocycles. The molecule has 1 N–H and O–H groups in total. The zero-order valence-corrected chi connectivity index (χ0v) is 13.0. The number of rotatable bonds is 4. The van der Waals surface area contributed by atoms with Crippen LogP contribution in [-0.2, 0) is 11.3 Å². The Kier molecular flexibility index (Phi) is 4.82. The summed E-state index contributed by atoms with van der Waals surface area (Å²) in [5.74, 6) is 0.181. The highest BCUT2D eigenvalue weighted by molar-refractivity contribution is 9.10. The molecule has 1 fully saturated rings. The molecule has 1 aliphatic rings. The van der Waals surface area contributed by atoms with Gasteiger partial charge in [0.15, 0.2) is 0 Å². The van der Waals surface area contributed by atoms with Crippen molar-refractivity contribution >= 4 is 27.5 Å². The van der Waals surface area contributed by atoms with Gasteiger partial charge in [0.2, 0.25) is 5.91 Å². The van der Waals surface area contributed by atoms with Crippen LogP contribution in [0.25, 0.3) is 0 Å². The monoisotopic (exact) mass is 325 g/mol. The number of anilines is 1. The summed E-state index contributed by atoms with van der Waals surface area (Å²) >= 11 is 3.52. The van der Waals surface area contributed by atoms with E-state index in [-0.39, 0.29) is 5.91 Å². The van der Waals surface area contributed by atoms with E-state index >= 15 is 0 Å². The van der Waals surface area contributed by atoms with Crippen LogP contribution in [-0.4, -0.2) is 44.0 Å². The van der Waals surface area contributed by atoms with Crippen LogP contribution < -0.4 is 10.2 Å². The third-order valence-electron chi connectivity index (χ3n) is 3.41. The van der Waals surface area contributed by atoms with Crippen LogP contribution in [0.1, 0.15) is 12.5 Å². The minimum absolute atomic E-state index is 0.181. The Morgan fingerprint density at radius 2 is 2.16 bits per heavy atom. The number of amides is 1. The first-order chi connectivity index (χ1) is 9.11. The second kappa shape index (κ2) is 6.39. The summed E-state index contributed by atoms with van der Waals surface area (Å²) < 4.78 is 1.05. The van der Waals surface area contributed by atoms with Crippen molar-refractivity contribution in [2.24, 2.45) is 0 Å². The zero-order chi connectivity index (χ0) is 13.8. The first-order valence-electron chi connectivity index (χ1n) is 6.60. The Morgan fingerprint density at radius 3 is 2.84 bits per heavy atom. The van der Waals surface area contributed by atoms with Gasteiger partial charge >= 0.3 is 0 Å². The molecule has 0 spiro atoms. The average Bonchev–Trinajstić information content (AvgIpc) is 2.40. The Morgan fingerprint density at radius 1 is 1.37 bits per heavy atom. The molecule has 0 unspecified atom stereocenters. The van der Waals surface area contributed by atoms with E-state index in [1.807, 2.05) is 13.1 Å². The van der Waals surface area contributed by atoms with Crippen molar-refractivity contribution < 1.29 is 4.79 Å². The average molecular weight is 326 g/mol. The zero-order valence-electron chi connectivity index (χ0n) is 11.4. The predicted molar refractivity (Wildman–Crippen MR) is 81.4 cm³/mol. The van der Waals surface area contributed by atoms with Gasteiger partial charge in [-0.3, -0.25) is 4.79 Å².